The molecule has 1 heterocycles. The molecule has 148 valence electrons. The molecule has 28 heavy (non-hydrogen) atoms. The topological polar surface area (TPSA) is 68.7 Å². The van der Waals surface area contributed by atoms with Crippen molar-refractivity contribution in [2.45, 2.75) is 33.3 Å². The molecule has 0 aromatic heterocycles. The standard InChI is InChI=1S/C20H22BrFN4O2/c1-3-25(12-23)11-14-4-7-19(28-13(2)22)15(8-14)10-24-26-18-9-16(21)5-6-17(18)20(26)27/h4-9,12-13,23-24H,3,10-11H2,1-2H3. The van der Waals surface area contributed by atoms with Crippen LogP contribution in [0.1, 0.15) is 35.3 Å². The second kappa shape index (κ2) is 8.70. The van der Waals surface area contributed by atoms with Gasteiger partial charge in [-0.1, -0.05) is 22.0 Å². The number of amides is 1. The molecule has 1 atom stereocenters. The Morgan fingerprint density at radius 2 is 2.14 bits per heavy atom. The van der Waals surface area contributed by atoms with Gasteiger partial charge in [0, 0.05) is 36.6 Å². The molecule has 1 aliphatic rings. The number of nitrogens with zero attached hydrogens (tertiary/aromatic N) is 2. The minimum atomic E-state index is -1.44. The third kappa shape index (κ3) is 4.34. The molecule has 0 saturated carbocycles. The van der Waals surface area contributed by atoms with Gasteiger partial charge in [0.15, 0.2) is 0 Å². The molecule has 8 heteroatoms. The monoisotopic (exact) mass is 448 g/mol. The summed E-state index contributed by atoms with van der Waals surface area (Å²) in [6.45, 7) is 4.87. The number of hydrazine groups is 1. The first kappa shape index (κ1) is 20.3. The van der Waals surface area contributed by atoms with Crippen LogP contribution < -0.4 is 15.2 Å². The highest BCUT2D eigenvalue weighted by Gasteiger charge is 2.33. The van der Waals surface area contributed by atoms with E-state index in [0.717, 1.165) is 21.3 Å². The van der Waals surface area contributed by atoms with Gasteiger partial charge in [0.05, 0.1) is 17.6 Å². The first-order valence-corrected chi connectivity index (χ1v) is 9.77. The largest absolute Gasteiger partial charge is 0.460 e. The number of rotatable bonds is 9. The molecule has 1 amide bonds. The van der Waals surface area contributed by atoms with E-state index >= 15 is 0 Å². The first-order chi connectivity index (χ1) is 13.4. The fourth-order valence-corrected chi connectivity index (χ4v) is 3.36. The molecule has 0 bridgehead atoms. The van der Waals surface area contributed by atoms with Gasteiger partial charge in [-0.25, -0.2) is 14.8 Å². The molecule has 0 spiro atoms. The van der Waals surface area contributed by atoms with Crippen LogP contribution in [0.3, 0.4) is 0 Å². The maximum atomic E-state index is 13.4. The lowest BCUT2D eigenvalue weighted by Crippen LogP contribution is -2.50. The van der Waals surface area contributed by atoms with E-state index in [1.165, 1.54) is 18.3 Å². The number of carbonyl (C=O) groups is 1. The molecule has 0 fully saturated rings. The number of benzene rings is 2. The van der Waals surface area contributed by atoms with Gasteiger partial charge < -0.3 is 9.64 Å². The van der Waals surface area contributed by atoms with Crippen molar-refractivity contribution in [1.29, 1.82) is 5.41 Å². The molecule has 1 aliphatic heterocycles. The number of alkyl halides is 1. The molecule has 2 aromatic rings. The van der Waals surface area contributed by atoms with E-state index in [-0.39, 0.29) is 5.91 Å². The Balaban J connectivity index is 1.78. The summed E-state index contributed by atoms with van der Waals surface area (Å²) in [4.78, 5) is 14.1. The summed E-state index contributed by atoms with van der Waals surface area (Å²) in [6, 6.07) is 11.0. The highest BCUT2D eigenvalue weighted by atomic mass is 79.9. The Morgan fingerprint density at radius 1 is 1.36 bits per heavy atom. The van der Waals surface area contributed by atoms with Crippen molar-refractivity contribution in [3.8, 4) is 5.75 Å². The van der Waals surface area contributed by atoms with E-state index in [0.29, 0.717) is 30.9 Å². The Bertz CT molecular complexity index is 891. The first-order valence-electron chi connectivity index (χ1n) is 8.97. The Hall–Kier alpha value is -2.45. The number of carbonyl (C=O) groups excluding carboxylic acids is 1. The van der Waals surface area contributed by atoms with Gasteiger partial charge in [-0.2, -0.15) is 0 Å². The number of hydrogen-bond acceptors (Lipinski definition) is 4. The maximum absolute atomic E-state index is 13.4. The van der Waals surface area contributed by atoms with Crippen LogP contribution in [-0.4, -0.2) is 30.0 Å². The van der Waals surface area contributed by atoms with Gasteiger partial charge >= 0.3 is 0 Å². The number of hydrogen-bond donors (Lipinski definition) is 2. The number of fused-ring (bicyclic) bond motifs is 1. The van der Waals surface area contributed by atoms with E-state index in [1.54, 1.807) is 12.1 Å². The van der Waals surface area contributed by atoms with Crippen LogP contribution in [0.4, 0.5) is 10.1 Å². The van der Waals surface area contributed by atoms with Crippen molar-refractivity contribution in [1.82, 2.24) is 10.3 Å². The fourth-order valence-electron chi connectivity index (χ4n) is 3.01. The normalized spacial score (nSPS) is 13.6. The molecule has 0 radical (unpaired) electrons. The van der Waals surface area contributed by atoms with Gasteiger partial charge in [0.25, 0.3) is 5.91 Å². The van der Waals surface area contributed by atoms with Crippen molar-refractivity contribution in [2.75, 3.05) is 11.6 Å². The lowest BCUT2D eigenvalue weighted by molar-refractivity contribution is 0.0843. The average molecular weight is 449 g/mol. The Morgan fingerprint density at radius 3 is 2.82 bits per heavy atom. The molecule has 0 saturated heterocycles. The van der Waals surface area contributed by atoms with Gasteiger partial charge in [-0.3, -0.25) is 10.2 Å². The summed E-state index contributed by atoms with van der Waals surface area (Å²) < 4.78 is 19.6. The second-order valence-corrected chi connectivity index (χ2v) is 7.35. The number of anilines is 1. The van der Waals surface area contributed by atoms with E-state index in [1.807, 2.05) is 36.1 Å². The smallest absolute Gasteiger partial charge is 0.274 e. The van der Waals surface area contributed by atoms with Gasteiger partial charge in [-0.05, 0) is 42.8 Å². The Labute approximate surface area is 171 Å². The quantitative estimate of drug-likeness (QED) is 0.444. The summed E-state index contributed by atoms with van der Waals surface area (Å²) in [6.07, 6.45) is -0.153. The molecular weight excluding hydrogens is 427 g/mol. The van der Waals surface area contributed by atoms with Crippen LogP contribution in [0, 0.1) is 5.41 Å². The van der Waals surface area contributed by atoms with E-state index in [9.17, 15) is 9.18 Å². The van der Waals surface area contributed by atoms with Crippen LogP contribution in [-0.2, 0) is 13.1 Å². The van der Waals surface area contributed by atoms with Crippen molar-refractivity contribution in [2.24, 2.45) is 0 Å². The molecule has 6 nitrogen and oxygen atoms in total. The molecule has 3 rings (SSSR count). The zero-order valence-electron chi connectivity index (χ0n) is 15.7. The van der Waals surface area contributed by atoms with Crippen molar-refractivity contribution in [3.05, 3.63) is 57.6 Å². The maximum Gasteiger partial charge on any atom is 0.274 e. The summed E-state index contributed by atoms with van der Waals surface area (Å²) in [5.41, 5.74) is 6.24. The number of halogens is 2. The zero-order chi connectivity index (χ0) is 20.3. The minimum absolute atomic E-state index is 0.110. The van der Waals surface area contributed by atoms with Crippen LogP contribution in [0.2, 0.25) is 0 Å². The molecule has 2 N–H and O–H groups in total. The molecule has 0 aliphatic carbocycles. The highest BCUT2D eigenvalue weighted by molar-refractivity contribution is 9.10. The van der Waals surface area contributed by atoms with Gasteiger partial charge in [0.1, 0.15) is 5.75 Å². The number of nitrogens with one attached hydrogen (secondary N) is 2. The highest BCUT2D eigenvalue weighted by Crippen LogP contribution is 2.34. The summed E-state index contributed by atoms with van der Waals surface area (Å²) in [5, 5.41) is 8.92. The third-order valence-corrected chi connectivity index (χ3v) is 4.94. The predicted molar refractivity (Wildman–Crippen MR) is 110 cm³/mol. The van der Waals surface area contributed by atoms with E-state index < -0.39 is 6.36 Å². The third-order valence-electron chi connectivity index (χ3n) is 4.45. The summed E-state index contributed by atoms with van der Waals surface area (Å²) in [5.74, 6) is 0.313. The average Bonchev–Trinajstić information content (AvgIpc) is 2.67. The molecule has 2 aromatic carbocycles. The molecule has 1 unspecified atom stereocenters. The zero-order valence-corrected chi connectivity index (χ0v) is 17.3. The minimum Gasteiger partial charge on any atom is -0.460 e. The van der Waals surface area contributed by atoms with Crippen molar-refractivity contribution in [3.63, 3.8) is 0 Å². The summed E-state index contributed by atoms with van der Waals surface area (Å²) in [7, 11) is 0. The van der Waals surface area contributed by atoms with Crippen LogP contribution >= 0.6 is 15.9 Å². The van der Waals surface area contributed by atoms with Crippen molar-refractivity contribution >= 4 is 33.9 Å². The SMILES string of the molecule is CCN(C=N)Cc1ccc(OC(C)F)c(CNN2C(=O)c3ccc(Br)cc32)c1. The lowest BCUT2D eigenvalue weighted by atomic mass is 10.0. The van der Waals surface area contributed by atoms with Crippen LogP contribution in [0.25, 0.3) is 0 Å². The Kier molecular flexibility index (Phi) is 6.31. The lowest BCUT2D eigenvalue weighted by Gasteiger charge is -2.34. The van der Waals surface area contributed by atoms with Crippen molar-refractivity contribution < 1.29 is 13.9 Å². The summed E-state index contributed by atoms with van der Waals surface area (Å²) >= 11 is 3.41. The second-order valence-electron chi connectivity index (χ2n) is 6.43. The van der Waals surface area contributed by atoms with Gasteiger partial charge in [-0.15, -0.1) is 0 Å². The van der Waals surface area contributed by atoms with Gasteiger partial charge in [0.2, 0.25) is 6.36 Å². The number of ether oxygens (including phenoxy) is 1. The van der Waals surface area contributed by atoms with E-state index in [4.69, 9.17) is 10.1 Å². The predicted octanol–water partition coefficient (Wildman–Crippen LogP) is 4.24. The van der Waals surface area contributed by atoms with E-state index in [2.05, 4.69) is 21.4 Å². The molecular formula is C20H22BrFN4O2. The van der Waals surface area contributed by atoms with Crippen LogP contribution in [0.15, 0.2) is 40.9 Å². The fraction of sp³-hybridized carbons (Fsp3) is 0.300. The van der Waals surface area contributed by atoms with Crippen LogP contribution in [0.5, 0.6) is 5.75 Å².